The first-order valence-corrected chi connectivity index (χ1v) is 10.3. The van der Waals surface area contributed by atoms with Gasteiger partial charge in [0.05, 0.1) is 25.6 Å². The summed E-state index contributed by atoms with van der Waals surface area (Å²) in [6, 6.07) is 17.2. The van der Waals surface area contributed by atoms with Crippen LogP contribution in [0.4, 0.5) is 0 Å². The fraction of sp³-hybridized carbons (Fsp3) is 0.333. The molecule has 1 aliphatic rings. The lowest BCUT2D eigenvalue weighted by molar-refractivity contribution is 0.0688. The molecule has 1 fully saturated rings. The monoisotopic (exact) mass is 405 g/mol. The van der Waals surface area contributed by atoms with Crippen LogP contribution in [0.5, 0.6) is 11.5 Å². The van der Waals surface area contributed by atoms with Gasteiger partial charge in [0.2, 0.25) is 0 Å². The van der Waals surface area contributed by atoms with Gasteiger partial charge in [0.15, 0.2) is 0 Å². The SMILES string of the molecule is COc1ccc(-c2cc(C(=O)N3CCC(C)CC3)n(-c3ccc(OC)cc3)n2)cc1. The molecule has 1 aromatic heterocycles. The third-order valence-electron chi connectivity index (χ3n) is 5.70. The molecule has 6 heteroatoms. The highest BCUT2D eigenvalue weighted by molar-refractivity contribution is 5.94. The Morgan fingerprint density at radius 1 is 0.933 bits per heavy atom. The molecular weight excluding hydrogens is 378 g/mol. The summed E-state index contributed by atoms with van der Waals surface area (Å²) in [4.78, 5) is 15.3. The van der Waals surface area contributed by atoms with Crippen LogP contribution in [0.3, 0.4) is 0 Å². The van der Waals surface area contributed by atoms with Crippen molar-refractivity contribution in [3.63, 3.8) is 0 Å². The zero-order valence-corrected chi connectivity index (χ0v) is 17.7. The smallest absolute Gasteiger partial charge is 0.272 e. The third-order valence-corrected chi connectivity index (χ3v) is 5.70. The lowest BCUT2D eigenvalue weighted by Gasteiger charge is -2.30. The number of nitrogens with zero attached hydrogens (tertiary/aromatic N) is 3. The number of carbonyl (C=O) groups excluding carboxylic acids is 1. The molecule has 0 atom stereocenters. The molecule has 0 saturated carbocycles. The summed E-state index contributed by atoms with van der Waals surface area (Å²) in [5, 5.41) is 4.78. The van der Waals surface area contributed by atoms with E-state index in [1.165, 1.54) is 0 Å². The normalized spacial score (nSPS) is 14.6. The number of likely N-dealkylation sites (tertiary alicyclic amines) is 1. The van der Waals surface area contributed by atoms with E-state index in [1.807, 2.05) is 59.5 Å². The molecule has 2 heterocycles. The van der Waals surface area contributed by atoms with Gasteiger partial charge in [0, 0.05) is 18.7 Å². The lowest BCUT2D eigenvalue weighted by Crippen LogP contribution is -2.38. The lowest BCUT2D eigenvalue weighted by atomic mass is 9.99. The second kappa shape index (κ2) is 8.61. The highest BCUT2D eigenvalue weighted by atomic mass is 16.5. The van der Waals surface area contributed by atoms with E-state index in [0.717, 1.165) is 54.4 Å². The Bertz CT molecular complexity index is 1000. The molecule has 0 spiro atoms. The van der Waals surface area contributed by atoms with E-state index in [4.69, 9.17) is 14.6 Å². The Kier molecular flexibility index (Phi) is 5.74. The predicted molar refractivity (Wildman–Crippen MR) is 116 cm³/mol. The fourth-order valence-electron chi connectivity index (χ4n) is 3.73. The van der Waals surface area contributed by atoms with Crippen LogP contribution in [0.15, 0.2) is 54.6 Å². The molecule has 0 N–H and O–H groups in total. The van der Waals surface area contributed by atoms with Gasteiger partial charge in [-0.15, -0.1) is 0 Å². The van der Waals surface area contributed by atoms with Gasteiger partial charge in [0.25, 0.3) is 5.91 Å². The van der Waals surface area contributed by atoms with Crippen molar-refractivity contribution in [3.05, 3.63) is 60.3 Å². The van der Waals surface area contributed by atoms with Crippen molar-refractivity contribution in [1.82, 2.24) is 14.7 Å². The molecule has 156 valence electrons. The van der Waals surface area contributed by atoms with Crippen molar-refractivity contribution < 1.29 is 14.3 Å². The first kappa shape index (κ1) is 20.0. The van der Waals surface area contributed by atoms with Gasteiger partial charge in [-0.3, -0.25) is 4.79 Å². The van der Waals surface area contributed by atoms with Crippen LogP contribution in [0.1, 0.15) is 30.3 Å². The summed E-state index contributed by atoms with van der Waals surface area (Å²) >= 11 is 0. The van der Waals surface area contributed by atoms with E-state index in [1.54, 1.807) is 18.9 Å². The number of methoxy groups -OCH3 is 2. The molecule has 1 amide bonds. The van der Waals surface area contributed by atoms with Gasteiger partial charge in [-0.1, -0.05) is 6.92 Å². The maximum absolute atomic E-state index is 13.4. The molecule has 30 heavy (non-hydrogen) atoms. The second-order valence-corrected chi connectivity index (χ2v) is 7.73. The molecule has 3 aromatic rings. The van der Waals surface area contributed by atoms with E-state index in [0.29, 0.717) is 11.6 Å². The highest BCUT2D eigenvalue weighted by Crippen LogP contribution is 2.26. The Labute approximate surface area is 177 Å². The average molecular weight is 405 g/mol. The first-order chi connectivity index (χ1) is 14.6. The first-order valence-electron chi connectivity index (χ1n) is 10.3. The Hall–Kier alpha value is -3.28. The number of carbonyl (C=O) groups is 1. The van der Waals surface area contributed by atoms with E-state index in [2.05, 4.69) is 6.92 Å². The van der Waals surface area contributed by atoms with Crippen molar-refractivity contribution in [2.45, 2.75) is 19.8 Å². The largest absolute Gasteiger partial charge is 0.497 e. The third kappa shape index (κ3) is 4.03. The van der Waals surface area contributed by atoms with Crippen molar-refractivity contribution in [3.8, 4) is 28.4 Å². The molecule has 6 nitrogen and oxygen atoms in total. The van der Waals surface area contributed by atoms with E-state index < -0.39 is 0 Å². The maximum Gasteiger partial charge on any atom is 0.272 e. The maximum atomic E-state index is 13.4. The highest BCUT2D eigenvalue weighted by Gasteiger charge is 2.26. The van der Waals surface area contributed by atoms with Gasteiger partial charge in [-0.25, -0.2) is 4.68 Å². The Morgan fingerprint density at radius 2 is 1.50 bits per heavy atom. The topological polar surface area (TPSA) is 56.6 Å². The second-order valence-electron chi connectivity index (χ2n) is 7.73. The van der Waals surface area contributed by atoms with E-state index in [-0.39, 0.29) is 5.91 Å². The Balaban J connectivity index is 1.73. The number of benzene rings is 2. The number of piperidine rings is 1. The standard InChI is InChI=1S/C24H27N3O3/c1-17-12-14-26(15-13-17)24(28)23-16-22(18-4-8-20(29-2)9-5-18)25-27(23)19-6-10-21(30-3)11-7-19/h4-11,16-17H,12-15H2,1-3H3. The Morgan fingerprint density at radius 3 is 2.07 bits per heavy atom. The van der Waals surface area contributed by atoms with Crippen LogP contribution in [-0.4, -0.2) is 47.9 Å². The van der Waals surface area contributed by atoms with Crippen molar-refractivity contribution in [2.75, 3.05) is 27.3 Å². The number of hydrogen-bond donors (Lipinski definition) is 0. The number of aromatic nitrogens is 2. The summed E-state index contributed by atoms with van der Waals surface area (Å²) in [5.41, 5.74) is 3.08. The number of rotatable bonds is 5. The molecule has 0 bridgehead atoms. The zero-order valence-electron chi connectivity index (χ0n) is 17.7. The number of ether oxygens (including phenoxy) is 2. The van der Waals surface area contributed by atoms with Crippen LogP contribution < -0.4 is 9.47 Å². The van der Waals surface area contributed by atoms with Crippen LogP contribution in [0, 0.1) is 5.92 Å². The van der Waals surface area contributed by atoms with Crippen LogP contribution in [0.25, 0.3) is 16.9 Å². The minimum Gasteiger partial charge on any atom is -0.497 e. The van der Waals surface area contributed by atoms with Gasteiger partial charge in [-0.05, 0) is 73.4 Å². The van der Waals surface area contributed by atoms with Gasteiger partial charge in [0.1, 0.15) is 17.2 Å². The quantitative estimate of drug-likeness (QED) is 0.630. The van der Waals surface area contributed by atoms with Crippen LogP contribution in [-0.2, 0) is 0 Å². The summed E-state index contributed by atoms with van der Waals surface area (Å²) < 4.78 is 12.3. The summed E-state index contributed by atoms with van der Waals surface area (Å²) in [6.45, 7) is 3.81. The van der Waals surface area contributed by atoms with Crippen molar-refractivity contribution in [2.24, 2.45) is 5.92 Å². The molecule has 2 aromatic carbocycles. The fourth-order valence-corrected chi connectivity index (χ4v) is 3.73. The van der Waals surface area contributed by atoms with Gasteiger partial charge >= 0.3 is 0 Å². The van der Waals surface area contributed by atoms with Crippen LogP contribution in [0.2, 0.25) is 0 Å². The summed E-state index contributed by atoms with van der Waals surface area (Å²) in [6.07, 6.45) is 2.07. The van der Waals surface area contributed by atoms with Gasteiger partial charge < -0.3 is 14.4 Å². The minimum atomic E-state index is 0.0185. The zero-order chi connectivity index (χ0) is 21.1. The number of hydrogen-bond acceptors (Lipinski definition) is 4. The molecule has 0 aliphatic carbocycles. The molecule has 4 rings (SSSR count). The van der Waals surface area contributed by atoms with E-state index in [9.17, 15) is 4.79 Å². The summed E-state index contributed by atoms with van der Waals surface area (Å²) in [7, 11) is 3.28. The molecule has 0 radical (unpaired) electrons. The molecular formula is C24H27N3O3. The molecule has 1 aliphatic heterocycles. The minimum absolute atomic E-state index is 0.0185. The van der Waals surface area contributed by atoms with Crippen molar-refractivity contribution >= 4 is 5.91 Å². The van der Waals surface area contributed by atoms with Gasteiger partial charge in [-0.2, -0.15) is 5.10 Å². The van der Waals surface area contributed by atoms with Crippen LogP contribution >= 0.6 is 0 Å². The predicted octanol–water partition coefficient (Wildman–Crippen LogP) is 4.43. The average Bonchev–Trinajstić information content (AvgIpc) is 3.24. The number of amides is 1. The summed E-state index contributed by atoms with van der Waals surface area (Å²) in [5.74, 6) is 2.23. The van der Waals surface area contributed by atoms with E-state index >= 15 is 0 Å². The molecule has 1 saturated heterocycles. The van der Waals surface area contributed by atoms with Crippen molar-refractivity contribution in [1.29, 1.82) is 0 Å². The molecule has 0 unspecified atom stereocenters.